The summed E-state index contributed by atoms with van der Waals surface area (Å²) in [6, 6.07) is 16.2. The normalized spacial score (nSPS) is 24.3. The van der Waals surface area contributed by atoms with Crippen LogP contribution in [0, 0.1) is 0 Å². The molecule has 0 N–H and O–H groups in total. The van der Waals surface area contributed by atoms with Gasteiger partial charge in [-0.2, -0.15) is 13.2 Å². The van der Waals surface area contributed by atoms with E-state index in [0.717, 1.165) is 5.56 Å². The number of hydrogen-bond acceptors (Lipinski definition) is 3. The molecule has 25 heavy (non-hydrogen) atoms. The van der Waals surface area contributed by atoms with E-state index in [9.17, 15) is 18.0 Å². The van der Waals surface area contributed by atoms with Crippen molar-refractivity contribution < 1.29 is 27.4 Å². The predicted octanol–water partition coefficient (Wildman–Crippen LogP) is 4.37. The van der Waals surface area contributed by atoms with E-state index in [4.69, 9.17) is 9.47 Å². The second-order valence-electron chi connectivity index (χ2n) is 5.95. The monoisotopic (exact) mass is 350 g/mol. The van der Waals surface area contributed by atoms with Crippen LogP contribution in [0.3, 0.4) is 0 Å². The maximum absolute atomic E-state index is 13.9. The van der Waals surface area contributed by atoms with Gasteiger partial charge in [0.2, 0.25) is 0 Å². The number of ether oxygens (including phenoxy) is 2. The fourth-order valence-electron chi connectivity index (χ4n) is 2.91. The van der Waals surface area contributed by atoms with Crippen LogP contribution in [0.5, 0.6) is 0 Å². The third-order valence-corrected chi connectivity index (χ3v) is 4.15. The third-order valence-electron chi connectivity index (χ3n) is 4.15. The van der Waals surface area contributed by atoms with Crippen molar-refractivity contribution in [2.45, 2.75) is 37.5 Å². The number of carbonyl (C=O) groups excluding carboxylic acids is 1. The van der Waals surface area contributed by atoms with Crippen molar-refractivity contribution in [3.05, 3.63) is 71.8 Å². The number of Topliss-reactive ketones (excluding diaryl/α,β-unsaturated/α-hetero) is 1. The zero-order valence-corrected chi connectivity index (χ0v) is 13.3. The first kappa shape index (κ1) is 17.6. The Labute approximate surface area is 143 Å². The van der Waals surface area contributed by atoms with Gasteiger partial charge in [-0.05, 0) is 11.1 Å². The first-order chi connectivity index (χ1) is 11.9. The molecule has 2 atom stereocenters. The number of alkyl halides is 3. The Morgan fingerprint density at radius 3 is 2.24 bits per heavy atom. The average molecular weight is 350 g/mol. The molecule has 3 rings (SSSR count). The molecule has 1 fully saturated rings. The van der Waals surface area contributed by atoms with Crippen molar-refractivity contribution in [2.75, 3.05) is 0 Å². The largest absolute Gasteiger partial charge is 0.422 e. The molecule has 0 saturated carbocycles. The lowest BCUT2D eigenvalue weighted by Crippen LogP contribution is -2.52. The molecule has 0 spiro atoms. The summed E-state index contributed by atoms with van der Waals surface area (Å²) in [5, 5.41) is 0. The highest BCUT2D eigenvalue weighted by atomic mass is 19.4. The van der Waals surface area contributed by atoms with E-state index < -0.39 is 30.3 Å². The number of halogens is 3. The third kappa shape index (κ3) is 3.75. The summed E-state index contributed by atoms with van der Waals surface area (Å²) < 4.78 is 52.4. The Balaban J connectivity index is 1.85. The number of rotatable bonds is 4. The van der Waals surface area contributed by atoms with E-state index in [0.29, 0.717) is 0 Å². The van der Waals surface area contributed by atoms with Crippen LogP contribution in [-0.4, -0.2) is 18.2 Å². The molecule has 1 aliphatic rings. The lowest BCUT2D eigenvalue weighted by Gasteiger charge is -2.41. The summed E-state index contributed by atoms with van der Waals surface area (Å²) in [4.78, 5) is 12.1. The van der Waals surface area contributed by atoms with Crippen LogP contribution in [0.1, 0.15) is 24.0 Å². The molecule has 0 bridgehead atoms. The Bertz CT molecular complexity index is 716. The topological polar surface area (TPSA) is 35.5 Å². The Morgan fingerprint density at radius 1 is 1.04 bits per heavy atom. The molecular weight excluding hydrogens is 333 g/mol. The first-order valence-electron chi connectivity index (χ1n) is 7.88. The summed E-state index contributed by atoms with van der Waals surface area (Å²) >= 11 is 0. The van der Waals surface area contributed by atoms with Gasteiger partial charge in [0.15, 0.2) is 11.9 Å². The maximum Gasteiger partial charge on any atom is 0.422 e. The Hall–Kier alpha value is -2.18. The number of ketones is 1. The lowest BCUT2D eigenvalue weighted by molar-refractivity contribution is -0.340. The van der Waals surface area contributed by atoms with Crippen molar-refractivity contribution >= 4 is 5.78 Å². The molecule has 2 aromatic carbocycles. The van der Waals surface area contributed by atoms with Gasteiger partial charge in [0.25, 0.3) is 0 Å². The first-order valence-corrected chi connectivity index (χ1v) is 7.88. The SMILES string of the molecule is O=C1C[C@H](OCc2ccccc2)O[C@](c2ccccc2)(C(F)(F)F)C1. The van der Waals surface area contributed by atoms with Gasteiger partial charge >= 0.3 is 6.18 Å². The molecule has 2 aromatic rings. The van der Waals surface area contributed by atoms with Crippen LogP contribution in [0.25, 0.3) is 0 Å². The van der Waals surface area contributed by atoms with Crippen LogP contribution in [0.2, 0.25) is 0 Å². The van der Waals surface area contributed by atoms with Gasteiger partial charge in [-0.15, -0.1) is 0 Å². The van der Waals surface area contributed by atoms with E-state index in [2.05, 4.69) is 0 Å². The van der Waals surface area contributed by atoms with Crippen LogP contribution in [0.15, 0.2) is 60.7 Å². The molecule has 1 saturated heterocycles. The molecular formula is C19H17F3O3. The molecule has 0 aromatic heterocycles. The Kier molecular flexibility index (Phi) is 4.92. The van der Waals surface area contributed by atoms with Crippen molar-refractivity contribution in [3.63, 3.8) is 0 Å². The molecule has 1 heterocycles. The van der Waals surface area contributed by atoms with Crippen molar-refractivity contribution in [1.29, 1.82) is 0 Å². The maximum atomic E-state index is 13.9. The molecule has 132 valence electrons. The molecule has 6 heteroatoms. The van der Waals surface area contributed by atoms with Crippen LogP contribution in [0.4, 0.5) is 13.2 Å². The predicted molar refractivity (Wildman–Crippen MR) is 84.5 cm³/mol. The smallest absolute Gasteiger partial charge is 0.347 e. The summed E-state index contributed by atoms with van der Waals surface area (Å²) in [7, 11) is 0. The van der Waals surface area contributed by atoms with Crippen molar-refractivity contribution in [1.82, 2.24) is 0 Å². The van der Waals surface area contributed by atoms with Crippen LogP contribution in [-0.2, 0) is 26.5 Å². The quantitative estimate of drug-likeness (QED) is 0.822. The zero-order chi connectivity index (χ0) is 17.9. The second-order valence-corrected chi connectivity index (χ2v) is 5.95. The molecule has 0 aliphatic carbocycles. The van der Waals surface area contributed by atoms with E-state index in [1.54, 1.807) is 30.3 Å². The van der Waals surface area contributed by atoms with Gasteiger partial charge in [-0.25, -0.2) is 0 Å². The highest BCUT2D eigenvalue weighted by Gasteiger charge is 2.61. The second kappa shape index (κ2) is 6.98. The molecule has 0 amide bonds. The highest BCUT2D eigenvalue weighted by Crippen LogP contribution is 2.48. The van der Waals surface area contributed by atoms with E-state index in [1.807, 2.05) is 6.07 Å². The molecule has 3 nitrogen and oxygen atoms in total. The summed E-state index contributed by atoms with van der Waals surface area (Å²) in [6.07, 6.45) is -6.93. The van der Waals surface area contributed by atoms with Gasteiger partial charge in [-0.3, -0.25) is 4.79 Å². The Morgan fingerprint density at radius 2 is 1.64 bits per heavy atom. The average Bonchev–Trinajstić information content (AvgIpc) is 2.60. The van der Waals surface area contributed by atoms with Crippen molar-refractivity contribution in [2.24, 2.45) is 0 Å². The number of carbonyl (C=O) groups is 1. The summed E-state index contributed by atoms with van der Waals surface area (Å²) in [5.74, 6) is -0.537. The molecule has 1 aliphatic heterocycles. The summed E-state index contributed by atoms with van der Waals surface area (Å²) in [5.41, 5.74) is -1.98. The highest BCUT2D eigenvalue weighted by molar-refractivity contribution is 5.81. The minimum Gasteiger partial charge on any atom is -0.347 e. The van der Waals surface area contributed by atoms with Crippen molar-refractivity contribution in [3.8, 4) is 0 Å². The van der Waals surface area contributed by atoms with Gasteiger partial charge in [-0.1, -0.05) is 60.7 Å². The number of hydrogen-bond donors (Lipinski definition) is 0. The summed E-state index contributed by atoms with van der Waals surface area (Å²) in [6.45, 7) is 0.0709. The van der Waals surface area contributed by atoms with E-state index in [-0.39, 0.29) is 18.6 Å². The fraction of sp³-hybridized carbons (Fsp3) is 0.316. The molecule has 0 radical (unpaired) electrons. The lowest BCUT2D eigenvalue weighted by atomic mass is 9.85. The van der Waals surface area contributed by atoms with E-state index >= 15 is 0 Å². The standard InChI is InChI=1S/C19H17F3O3/c20-19(21,22)18(15-9-5-2-6-10-15)12-16(23)11-17(25-18)24-13-14-7-3-1-4-8-14/h1-10,17H,11-13H2/t17-,18-/m1/s1. The van der Waals surface area contributed by atoms with E-state index in [1.165, 1.54) is 24.3 Å². The minimum absolute atomic E-state index is 0.0709. The fourth-order valence-corrected chi connectivity index (χ4v) is 2.91. The van der Waals surface area contributed by atoms with Crippen LogP contribution < -0.4 is 0 Å². The van der Waals surface area contributed by atoms with Gasteiger partial charge in [0.1, 0.15) is 5.78 Å². The van der Waals surface area contributed by atoms with Crippen LogP contribution >= 0.6 is 0 Å². The molecule has 0 unspecified atom stereocenters. The zero-order valence-electron chi connectivity index (χ0n) is 13.3. The number of benzene rings is 2. The van der Waals surface area contributed by atoms with Gasteiger partial charge in [0.05, 0.1) is 13.0 Å². The minimum atomic E-state index is -4.74. The van der Waals surface area contributed by atoms with Gasteiger partial charge in [0, 0.05) is 6.42 Å². The van der Waals surface area contributed by atoms with Gasteiger partial charge < -0.3 is 9.47 Å².